The van der Waals surface area contributed by atoms with E-state index in [1.807, 2.05) is 6.92 Å². The highest BCUT2D eigenvalue weighted by Crippen LogP contribution is 2.43. The molecule has 1 atom stereocenters. The van der Waals surface area contributed by atoms with Crippen molar-refractivity contribution in [3.8, 4) is 0 Å². The van der Waals surface area contributed by atoms with Crippen molar-refractivity contribution in [1.29, 1.82) is 0 Å². The molecule has 1 aliphatic carbocycles. The first-order valence-electron chi connectivity index (χ1n) is 5.86. The second-order valence-corrected chi connectivity index (χ2v) is 7.04. The summed E-state index contributed by atoms with van der Waals surface area (Å²) in [6.07, 6.45) is 4.17. The molecule has 3 nitrogen and oxygen atoms in total. The highest BCUT2D eigenvalue weighted by Gasteiger charge is 2.41. The topological polar surface area (TPSA) is 54.4 Å². The molecule has 1 aliphatic rings. The molecule has 1 N–H and O–H groups in total. The Kier molecular flexibility index (Phi) is 4.18. The van der Waals surface area contributed by atoms with Crippen LogP contribution in [0.4, 0.5) is 0 Å². The van der Waals surface area contributed by atoms with Crippen LogP contribution < -0.4 is 0 Å². The van der Waals surface area contributed by atoms with Gasteiger partial charge >= 0.3 is 0 Å². The van der Waals surface area contributed by atoms with E-state index >= 15 is 0 Å². The standard InChI is InChI=1S/C11H22O3S/c1-3-11(12,10-6-7-10)8-5-9-15(13,14)4-2/h10,12H,3-9H2,1-2H3. The largest absolute Gasteiger partial charge is 0.390 e. The molecule has 15 heavy (non-hydrogen) atoms. The molecular formula is C11H22O3S. The van der Waals surface area contributed by atoms with Crippen molar-refractivity contribution in [2.75, 3.05) is 11.5 Å². The van der Waals surface area contributed by atoms with Crippen LogP contribution in [0.2, 0.25) is 0 Å². The maximum atomic E-state index is 11.3. The lowest BCUT2D eigenvalue weighted by Crippen LogP contribution is -2.31. The average molecular weight is 234 g/mol. The molecule has 1 saturated carbocycles. The third-order valence-corrected chi connectivity index (χ3v) is 5.24. The van der Waals surface area contributed by atoms with Gasteiger partial charge in [0.05, 0.1) is 11.4 Å². The van der Waals surface area contributed by atoms with Gasteiger partial charge in [-0.1, -0.05) is 13.8 Å². The van der Waals surface area contributed by atoms with Crippen LogP contribution in [0.5, 0.6) is 0 Å². The summed E-state index contributed by atoms with van der Waals surface area (Å²) in [5, 5.41) is 10.2. The van der Waals surface area contributed by atoms with Crippen molar-refractivity contribution in [3.05, 3.63) is 0 Å². The number of rotatable bonds is 7. The molecule has 0 heterocycles. The van der Waals surface area contributed by atoms with Crippen molar-refractivity contribution >= 4 is 9.84 Å². The zero-order valence-corrected chi connectivity index (χ0v) is 10.5. The van der Waals surface area contributed by atoms with Gasteiger partial charge in [0, 0.05) is 5.75 Å². The maximum absolute atomic E-state index is 11.3. The molecule has 0 saturated heterocycles. The lowest BCUT2D eigenvalue weighted by atomic mass is 9.90. The lowest BCUT2D eigenvalue weighted by Gasteiger charge is -2.26. The molecule has 0 aromatic rings. The van der Waals surface area contributed by atoms with Gasteiger partial charge < -0.3 is 5.11 Å². The summed E-state index contributed by atoms with van der Waals surface area (Å²) in [5.41, 5.74) is -0.594. The predicted octanol–water partition coefficient (Wildman–Crippen LogP) is 1.75. The van der Waals surface area contributed by atoms with E-state index in [1.165, 1.54) is 0 Å². The smallest absolute Gasteiger partial charge is 0.150 e. The monoisotopic (exact) mass is 234 g/mol. The molecule has 1 fully saturated rings. The summed E-state index contributed by atoms with van der Waals surface area (Å²) in [6, 6.07) is 0. The SMILES string of the molecule is CCC(O)(CCCS(=O)(=O)CC)C1CC1. The molecule has 4 heteroatoms. The van der Waals surface area contributed by atoms with Gasteiger partial charge in [0.15, 0.2) is 0 Å². The van der Waals surface area contributed by atoms with Crippen molar-refractivity contribution in [1.82, 2.24) is 0 Å². The van der Waals surface area contributed by atoms with E-state index in [0.717, 1.165) is 19.3 Å². The van der Waals surface area contributed by atoms with E-state index in [1.54, 1.807) is 6.92 Å². The van der Waals surface area contributed by atoms with Crippen LogP contribution in [-0.2, 0) is 9.84 Å². The Hall–Kier alpha value is -0.0900. The fourth-order valence-electron chi connectivity index (χ4n) is 2.03. The van der Waals surface area contributed by atoms with Crippen LogP contribution in [-0.4, -0.2) is 30.6 Å². The van der Waals surface area contributed by atoms with Gasteiger partial charge in [0.2, 0.25) is 0 Å². The molecule has 0 amide bonds. The third kappa shape index (κ3) is 3.76. The Labute approximate surface area is 92.8 Å². The van der Waals surface area contributed by atoms with Crippen LogP contribution in [0.1, 0.15) is 46.0 Å². The van der Waals surface area contributed by atoms with E-state index in [-0.39, 0.29) is 11.5 Å². The maximum Gasteiger partial charge on any atom is 0.150 e. The summed E-state index contributed by atoms with van der Waals surface area (Å²) < 4.78 is 22.6. The van der Waals surface area contributed by atoms with Crippen molar-refractivity contribution < 1.29 is 13.5 Å². The molecule has 0 radical (unpaired) electrons. The lowest BCUT2D eigenvalue weighted by molar-refractivity contribution is 0.00476. The van der Waals surface area contributed by atoms with E-state index in [4.69, 9.17) is 0 Å². The van der Waals surface area contributed by atoms with Crippen LogP contribution >= 0.6 is 0 Å². The summed E-state index contributed by atoms with van der Waals surface area (Å²) in [4.78, 5) is 0. The van der Waals surface area contributed by atoms with Gasteiger partial charge in [-0.15, -0.1) is 0 Å². The quantitative estimate of drug-likeness (QED) is 0.730. The van der Waals surface area contributed by atoms with Crippen molar-refractivity contribution in [2.45, 2.75) is 51.6 Å². The molecule has 0 spiro atoms. The van der Waals surface area contributed by atoms with Crippen LogP contribution in [0.15, 0.2) is 0 Å². The molecule has 0 aromatic carbocycles. The van der Waals surface area contributed by atoms with Gasteiger partial charge in [-0.2, -0.15) is 0 Å². The van der Waals surface area contributed by atoms with E-state index in [0.29, 0.717) is 18.8 Å². The molecule has 1 unspecified atom stereocenters. The highest BCUT2D eigenvalue weighted by atomic mass is 32.2. The Balaban J connectivity index is 2.35. The summed E-state index contributed by atoms with van der Waals surface area (Å²) in [7, 11) is -2.87. The summed E-state index contributed by atoms with van der Waals surface area (Å²) in [6.45, 7) is 3.65. The number of hydrogen-bond donors (Lipinski definition) is 1. The minimum Gasteiger partial charge on any atom is -0.390 e. The van der Waals surface area contributed by atoms with E-state index in [2.05, 4.69) is 0 Å². The number of hydrogen-bond acceptors (Lipinski definition) is 3. The summed E-state index contributed by atoms with van der Waals surface area (Å²) in [5.74, 6) is 0.853. The zero-order chi connectivity index (χ0) is 11.5. The van der Waals surface area contributed by atoms with Crippen LogP contribution in [0.3, 0.4) is 0 Å². The molecule has 1 rings (SSSR count). The fourth-order valence-corrected chi connectivity index (χ4v) is 2.91. The fraction of sp³-hybridized carbons (Fsp3) is 1.00. The zero-order valence-electron chi connectivity index (χ0n) is 9.70. The molecule has 0 bridgehead atoms. The minimum absolute atomic E-state index is 0.209. The van der Waals surface area contributed by atoms with E-state index in [9.17, 15) is 13.5 Å². The number of aliphatic hydroxyl groups is 1. The molecule has 90 valence electrons. The molecule has 0 aliphatic heterocycles. The van der Waals surface area contributed by atoms with Crippen LogP contribution in [0.25, 0.3) is 0 Å². The first-order chi connectivity index (χ1) is 6.93. The Morgan fingerprint density at radius 1 is 1.33 bits per heavy atom. The van der Waals surface area contributed by atoms with E-state index < -0.39 is 15.4 Å². The normalized spacial score (nSPS) is 21.3. The highest BCUT2D eigenvalue weighted by molar-refractivity contribution is 7.91. The second-order valence-electron chi connectivity index (χ2n) is 4.57. The predicted molar refractivity (Wildman–Crippen MR) is 61.5 cm³/mol. The van der Waals surface area contributed by atoms with Crippen molar-refractivity contribution in [2.24, 2.45) is 5.92 Å². The Morgan fingerprint density at radius 2 is 1.93 bits per heavy atom. The third-order valence-electron chi connectivity index (χ3n) is 3.45. The molecular weight excluding hydrogens is 212 g/mol. The molecule has 0 aromatic heterocycles. The van der Waals surface area contributed by atoms with Gasteiger partial charge in [-0.05, 0) is 38.0 Å². The average Bonchev–Trinajstić information content (AvgIpc) is 3.01. The summed E-state index contributed by atoms with van der Waals surface area (Å²) >= 11 is 0. The first kappa shape index (κ1) is 13.0. The Morgan fingerprint density at radius 3 is 2.33 bits per heavy atom. The van der Waals surface area contributed by atoms with Crippen LogP contribution in [0, 0.1) is 5.92 Å². The number of sulfone groups is 1. The minimum atomic E-state index is -2.87. The van der Waals surface area contributed by atoms with Crippen molar-refractivity contribution in [3.63, 3.8) is 0 Å². The van der Waals surface area contributed by atoms with Gasteiger partial charge in [0.1, 0.15) is 9.84 Å². The van der Waals surface area contributed by atoms with Gasteiger partial charge in [-0.25, -0.2) is 8.42 Å². The first-order valence-corrected chi connectivity index (χ1v) is 7.68. The Bertz CT molecular complexity index is 293. The van der Waals surface area contributed by atoms with Gasteiger partial charge in [-0.3, -0.25) is 0 Å². The van der Waals surface area contributed by atoms with Gasteiger partial charge in [0.25, 0.3) is 0 Å². The second kappa shape index (κ2) is 4.83.